The zero-order valence-electron chi connectivity index (χ0n) is 53.0. The average Bonchev–Trinajstić information content (AvgIpc) is 1.69. The number of piperazine rings is 1. The number of ether oxygens (including phenoxy) is 1. The van der Waals surface area contributed by atoms with Crippen molar-refractivity contribution in [1.29, 1.82) is 0 Å². The van der Waals surface area contributed by atoms with E-state index in [1.165, 1.54) is 42.6 Å². The monoisotopic (exact) mass is 1340 g/mol. The average molecular weight is 1340 g/mol. The number of hydrogen-bond acceptors (Lipinski definition) is 24. The molecular formula is C64H85N11O19S. The third-order valence-corrected chi connectivity index (χ3v) is 18.2. The number of phenolic OH excluding ortho intramolecular Hbond substituents is 1. The number of fused-ring (bicyclic) bond motifs is 2. The van der Waals surface area contributed by atoms with Crippen molar-refractivity contribution in [1.82, 2.24) is 36.4 Å². The minimum absolute atomic E-state index is 0.0744. The summed E-state index contributed by atoms with van der Waals surface area (Å²) < 4.78 is 15.3. The fourth-order valence-corrected chi connectivity index (χ4v) is 13.1. The number of aromatic hydroxyl groups is 1. The van der Waals surface area contributed by atoms with Gasteiger partial charge >= 0.3 is 0 Å². The maximum absolute atomic E-state index is 14.7. The Balaban J connectivity index is 0.932. The molecule has 5 aliphatic heterocycles. The van der Waals surface area contributed by atoms with Gasteiger partial charge in [-0.25, -0.2) is 5.26 Å². The molecule has 0 bridgehead atoms. The van der Waals surface area contributed by atoms with Gasteiger partial charge in [0, 0.05) is 107 Å². The van der Waals surface area contributed by atoms with Crippen molar-refractivity contribution in [2.45, 2.75) is 138 Å². The lowest BCUT2D eigenvalue weighted by molar-refractivity contribution is -0.433. The summed E-state index contributed by atoms with van der Waals surface area (Å²) in [5.41, 5.74) is 11.0. The number of benzene rings is 4. The number of aliphatic hydroxyl groups excluding tert-OH is 6. The lowest BCUT2D eigenvalue weighted by atomic mass is 9.98. The molecule has 15 N–H and O–H groups in total. The van der Waals surface area contributed by atoms with E-state index in [4.69, 9.17) is 19.9 Å². The highest BCUT2D eigenvalue weighted by atomic mass is 32.2. The number of nitrogens with zero attached hydrogens (tertiary/aromatic N) is 5. The molecule has 0 aliphatic carbocycles. The van der Waals surface area contributed by atoms with Crippen LogP contribution in [0.25, 0.3) is 11.1 Å². The van der Waals surface area contributed by atoms with Crippen LogP contribution < -0.4 is 51.2 Å². The normalized spacial score (nSPS) is 27.9. The van der Waals surface area contributed by atoms with E-state index in [1.807, 2.05) is 24.3 Å². The number of hydrogen-bond donors (Lipinski definition) is 14. The van der Waals surface area contributed by atoms with Crippen LogP contribution in [0.4, 0.5) is 17.1 Å². The van der Waals surface area contributed by atoms with Crippen LogP contribution in [-0.2, 0) is 49.3 Å². The second-order valence-electron chi connectivity index (χ2n) is 24.9. The molecule has 0 saturated carbocycles. The Kier molecular flexibility index (Phi) is 24.2. The van der Waals surface area contributed by atoms with Gasteiger partial charge in [-0.1, -0.05) is 46.6 Å². The molecule has 95 heavy (non-hydrogen) atoms. The first-order chi connectivity index (χ1) is 45.4. The van der Waals surface area contributed by atoms with E-state index in [1.54, 1.807) is 12.1 Å². The number of nitrogens with one attached hydrogen (secondary N) is 5. The molecule has 0 unspecified atom stereocenters. The third-order valence-electron chi connectivity index (χ3n) is 17.9. The van der Waals surface area contributed by atoms with Crippen molar-refractivity contribution in [2.24, 2.45) is 11.7 Å². The van der Waals surface area contributed by atoms with Crippen LogP contribution in [0.1, 0.15) is 62.9 Å². The highest BCUT2D eigenvalue weighted by molar-refractivity contribution is 7.90. The molecule has 5 saturated heterocycles. The zero-order valence-corrected chi connectivity index (χ0v) is 53.8. The minimum atomic E-state index is -2.10. The predicted octanol–water partition coefficient (Wildman–Crippen LogP) is -1.34. The number of amides is 7. The van der Waals surface area contributed by atoms with Crippen molar-refractivity contribution in [3.05, 3.63) is 102 Å². The summed E-state index contributed by atoms with van der Waals surface area (Å²) in [6, 6.07) is 15.8. The predicted molar refractivity (Wildman–Crippen MR) is 345 cm³/mol. The molecule has 9 rings (SSSR count). The highest BCUT2D eigenvalue weighted by Crippen LogP contribution is 2.33. The number of aliphatic hydroxyl groups is 6. The molecule has 516 valence electrons. The van der Waals surface area contributed by atoms with Gasteiger partial charge in [-0.15, -0.1) is 0 Å². The molecule has 31 heteroatoms. The van der Waals surface area contributed by atoms with E-state index in [-0.39, 0.29) is 60.9 Å². The van der Waals surface area contributed by atoms with Gasteiger partial charge in [0.1, 0.15) is 36.3 Å². The van der Waals surface area contributed by atoms with Gasteiger partial charge in [0.15, 0.2) is 11.5 Å². The second-order valence-corrected chi connectivity index (χ2v) is 25.4. The van der Waals surface area contributed by atoms with Crippen LogP contribution in [0, 0.1) is 5.92 Å². The van der Waals surface area contributed by atoms with E-state index in [0.717, 1.165) is 78.9 Å². The van der Waals surface area contributed by atoms with E-state index >= 15 is 0 Å². The quantitative estimate of drug-likeness (QED) is 0.0252. The summed E-state index contributed by atoms with van der Waals surface area (Å²) >= 11 is 0.0846. The van der Waals surface area contributed by atoms with Crippen LogP contribution >= 0.6 is 12.3 Å². The number of β-amino-alcohol motifs (C(OH)–C–C–N with tert-alkyl or cyclic N) is 1. The highest BCUT2D eigenvalue weighted by Gasteiger charge is 2.50. The molecule has 5 aliphatic rings. The lowest BCUT2D eigenvalue weighted by Gasteiger charge is -2.38. The zero-order chi connectivity index (χ0) is 68.4. The summed E-state index contributed by atoms with van der Waals surface area (Å²) in [5, 5.41) is 103. The first-order valence-corrected chi connectivity index (χ1v) is 32.3. The van der Waals surface area contributed by atoms with Crippen molar-refractivity contribution in [3.8, 4) is 22.6 Å². The number of anilines is 3. The van der Waals surface area contributed by atoms with Gasteiger partial charge in [0.05, 0.1) is 48.8 Å². The third kappa shape index (κ3) is 17.6. The number of carbonyl (C=O) groups excluding carboxylic acids is 7. The Bertz CT molecular complexity index is 3310. The second kappa shape index (κ2) is 32.2. The van der Waals surface area contributed by atoms with Crippen LogP contribution in [0.3, 0.4) is 0 Å². The van der Waals surface area contributed by atoms with Crippen molar-refractivity contribution in [2.75, 3.05) is 80.1 Å². The number of nitrogens with two attached hydrogens (primary N) is 1. The lowest BCUT2D eigenvalue weighted by Crippen LogP contribution is -2.64. The number of morpholine rings is 1. The molecule has 5 fully saturated rings. The largest absolute Gasteiger partial charge is 0.504 e. The van der Waals surface area contributed by atoms with Gasteiger partial charge < -0.3 is 101 Å². The molecule has 7 amide bonds. The van der Waals surface area contributed by atoms with Gasteiger partial charge in [0.25, 0.3) is 18.2 Å². The minimum Gasteiger partial charge on any atom is -0.504 e. The first-order valence-electron chi connectivity index (χ1n) is 31.6. The molecule has 0 aromatic heterocycles. The van der Waals surface area contributed by atoms with Crippen LogP contribution in [-0.4, -0.2) is 243 Å². The topological polar surface area (TPSA) is 421 Å². The molecule has 4 aromatic carbocycles. The first kappa shape index (κ1) is 71.4. The van der Waals surface area contributed by atoms with Gasteiger partial charge in [-0.05, 0) is 111 Å². The summed E-state index contributed by atoms with van der Waals surface area (Å²) in [6.45, 7) is 10.1. The molecule has 30 nitrogen and oxygen atoms in total. The number of carbonyl (C=O) groups is 7. The Morgan fingerprint density at radius 3 is 1.84 bits per heavy atom. The van der Waals surface area contributed by atoms with E-state index in [9.17, 15) is 69.3 Å². The molecule has 0 spiro atoms. The number of phenols is 1. The van der Waals surface area contributed by atoms with Crippen molar-refractivity contribution in [3.63, 3.8) is 0 Å². The maximum Gasteiger partial charge on any atom is 0.261 e. The SMILES string of the molecule is C[C@@H]1CN(c2ccc(N3CCN(c4ccc(-c5ccc(C(=O)N[C@H]6C[C@H](O)CNC(=O)[C@@H]7[C@@H](O)[C@H](C)CN7C(=O)[C@H]([C@H](O)CCN)NC(=O)[C@H]([C@H](O)Cc7ccc(O)c(OSOOO)c7)NC(=O)[C@@H]7C[C@H](O)CN7C(=O)[C@H]([C@H](C)O)NC6=O)cc5)cc4)CC3)cc2)C[C@H](C)O1. The smallest absolute Gasteiger partial charge is 0.261 e. The van der Waals surface area contributed by atoms with Gasteiger partial charge in [-0.3, -0.25) is 33.6 Å². The van der Waals surface area contributed by atoms with Crippen molar-refractivity contribution < 1.29 is 92.9 Å². The van der Waals surface area contributed by atoms with Gasteiger partial charge in [0.2, 0.25) is 35.4 Å². The molecule has 0 radical (unpaired) electrons. The Labute approximate surface area is 552 Å². The molecule has 4 aromatic rings. The summed E-state index contributed by atoms with van der Waals surface area (Å²) in [4.78, 5) is 110. The summed E-state index contributed by atoms with van der Waals surface area (Å²) in [7, 11) is 0. The summed E-state index contributed by atoms with van der Waals surface area (Å²) in [5.74, 6) is -9.20. The van der Waals surface area contributed by atoms with Gasteiger partial charge in [-0.2, -0.15) is 0 Å². The fourth-order valence-electron chi connectivity index (χ4n) is 12.8. The molecule has 15 atom stereocenters. The number of rotatable bonds is 17. The fraction of sp³-hybridized carbons (Fsp3) is 0.516. The standard InChI is InChI=1S/C64H85N11O19S/c1-34-30-75-56(57(34)82)62(87)66-29-45(77)27-47(67-58(83)41-8-6-39(7-9-41)40-10-12-42(13-11-40)71-21-23-72(24-22-71)43-14-16-44(17-15-43)73-31-35(2)91-36(3)32-73)59(84)68-53(37(4)76)63(88)74-33-46(78)28-48(74)60(85)69-54(61(86)70-55(64(75)89)50(80)19-20-65)51(81)25-38-5-18-49(79)52(26-38)92-95-94-93-90/h5-18,26,34-37,45-48,50-51,53-57,76-82,90H,19-25,27-33,65H2,1-4H3,(H,66,87)(H,67,83)(H,68,84)(H,69,85)(H,70,86)/t34-,35-,36+,37+,45+,46+,47+,48+,50-,51-,53+,54+,55+,56+,57+/m1/s1. The van der Waals surface area contributed by atoms with Crippen molar-refractivity contribution >= 4 is 70.7 Å². The van der Waals surface area contributed by atoms with E-state index in [2.05, 4.69) is 88.8 Å². The Morgan fingerprint density at radius 1 is 0.674 bits per heavy atom. The Morgan fingerprint density at radius 2 is 1.24 bits per heavy atom. The summed E-state index contributed by atoms with van der Waals surface area (Å²) in [6.07, 6.45) is -11.8. The van der Waals surface area contributed by atoms with E-state index < -0.39 is 158 Å². The molecular weight excluding hydrogens is 1260 g/mol. The van der Waals surface area contributed by atoms with Crippen LogP contribution in [0.15, 0.2) is 91.0 Å². The maximum atomic E-state index is 14.7. The van der Waals surface area contributed by atoms with Crippen LogP contribution in [0.5, 0.6) is 11.5 Å². The van der Waals surface area contributed by atoms with Crippen LogP contribution in [0.2, 0.25) is 0 Å². The van der Waals surface area contributed by atoms with E-state index in [0.29, 0.717) is 0 Å². The molecule has 5 heterocycles. The Hall–Kier alpha value is -7.92.